The van der Waals surface area contributed by atoms with Gasteiger partial charge in [0, 0.05) is 6.42 Å². The number of rotatable bonds is 8. The largest absolute Gasteiger partial charge is 0.368 e. The predicted molar refractivity (Wildman–Crippen MR) is 64.6 cm³/mol. The molecule has 0 rings (SSSR count). The van der Waals surface area contributed by atoms with E-state index in [4.69, 9.17) is 5.73 Å². The van der Waals surface area contributed by atoms with Crippen molar-refractivity contribution in [3.8, 4) is 0 Å². The van der Waals surface area contributed by atoms with Gasteiger partial charge in [-0.1, -0.05) is 19.9 Å². The molecule has 92 valence electrons. The molecule has 0 saturated heterocycles. The molecule has 1 atom stereocenters. The van der Waals surface area contributed by atoms with Crippen molar-refractivity contribution in [2.45, 2.75) is 45.6 Å². The molecular weight excluding hydrogens is 204 g/mol. The second-order valence-electron chi connectivity index (χ2n) is 4.34. The van der Waals surface area contributed by atoms with Crippen LogP contribution in [-0.2, 0) is 9.59 Å². The normalized spacial score (nSPS) is 12.2. The van der Waals surface area contributed by atoms with Crippen molar-refractivity contribution < 1.29 is 9.59 Å². The molecule has 0 aromatic carbocycles. The van der Waals surface area contributed by atoms with Crippen molar-refractivity contribution in [2.75, 3.05) is 0 Å². The maximum atomic E-state index is 11.5. The summed E-state index contributed by atoms with van der Waals surface area (Å²) in [6.45, 7) is 7.51. The molecule has 0 aliphatic heterocycles. The van der Waals surface area contributed by atoms with Crippen LogP contribution in [-0.4, -0.2) is 17.9 Å². The third-order valence-electron chi connectivity index (χ3n) is 2.17. The number of carbonyl (C=O) groups is 2. The molecule has 4 nitrogen and oxygen atoms in total. The molecule has 0 aromatic rings. The van der Waals surface area contributed by atoms with Gasteiger partial charge in [0.25, 0.3) is 0 Å². The summed E-state index contributed by atoms with van der Waals surface area (Å²) < 4.78 is 0. The fraction of sp³-hybridized carbons (Fsp3) is 0.667. The Kier molecular flexibility index (Phi) is 7.25. The number of nitrogens with one attached hydrogen (secondary N) is 1. The number of allylic oxidation sites excluding steroid dienone is 1. The summed E-state index contributed by atoms with van der Waals surface area (Å²) in [5, 5.41) is 2.66. The summed E-state index contributed by atoms with van der Waals surface area (Å²) in [5.74, 6) is -0.305. The molecule has 0 saturated carbocycles. The van der Waals surface area contributed by atoms with Crippen LogP contribution >= 0.6 is 0 Å². The minimum absolute atomic E-state index is 0.114. The van der Waals surface area contributed by atoms with E-state index in [0.717, 1.165) is 12.8 Å². The van der Waals surface area contributed by atoms with Gasteiger partial charge < -0.3 is 11.1 Å². The quantitative estimate of drug-likeness (QED) is 0.484. The van der Waals surface area contributed by atoms with E-state index >= 15 is 0 Å². The van der Waals surface area contributed by atoms with Gasteiger partial charge in [0.2, 0.25) is 11.8 Å². The summed E-state index contributed by atoms with van der Waals surface area (Å²) in [7, 11) is 0. The fourth-order valence-electron chi connectivity index (χ4n) is 1.38. The van der Waals surface area contributed by atoms with E-state index in [1.54, 1.807) is 6.08 Å². The molecule has 0 unspecified atom stereocenters. The van der Waals surface area contributed by atoms with Gasteiger partial charge in [-0.2, -0.15) is 0 Å². The number of carbonyl (C=O) groups excluding carboxylic acids is 2. The Bertz CT molecular complexity index is 249. The zero-order valence-electron chi connectivity index (χ0n) is 10.2. The van der Waals surface area contributed by atoms with Crippen molar-refractivity contribution in [1.82, 2.24) is 5.32 Å². The molecule has 3 N–H and O–H groups in total. The SMILES string of the molecule is C=CCCC[C@H](NC(=O)CC(C)C)C(N)=O. The molecule has 2 amide bonds. The van der Waals surface area contributed by atoms with Crippen LogP contribution in [0.5, 0.6) is 0 Å². The van der Waals surface area contributed by atoms with Crippen molar-refractivity contribution in [3.63, 3.8) is 0 Å². The summed E-state index contributed by atoms with van der Waals surface area (Å²) in [5.41, 5.74) is 5.22. The van der Waals surface area contributed by atoms with E-state index < -0.39 is 11.9 Å². The number of hydrogen-bond donors (Lipinski definition) is 2. The predicted octanol–water partition coefficient (Wildman–Crippen LogP) is 1.36. The smallest absolute Gasteiger partial charge is 0.239 e. The Balaban J connectivity index is 4.07. The summed E-state index contributed by atoms with van der Waals surface area (Å²) in [4.78, 5) is 22.6. The lowest BCUT2D eigenvalue weighted by Gasteiger charge is -2.15. The molecule has 0 heterocycles. The van der Waals surface area contributed by atoms with Crippen LogP contribution in [0.25, 0.3) is 0 Å². The maximum Gasteiger partial charge on any atom is 0.239 e. The molecule has 4 heteroatoms. The van der Waals surface area contributed by atoms with E-state index in [2.05, 4.69) is 11.9 Å². The van der Waals surface area contributed by atoms with Gasteiger partial charge in [0.1, 0.15) is 6.04 Å². The van der Waals surface area contributed by atoms with E-state index in [-0.39, 0.29) is 11.8 Å². The van der Waals surface area contributed by atoms with Gasteiger partial charge in [0.05, 0.1) is 0 Å². The van der Waals surface area contributed by atoms with E-state index in [0.29, 0.717) is 12.8 Å². The van der Waals surface area contributed by atoms with Crippen LogP contribution in [0.3, 0.4) is 0 Å². The second-order valence-corrected chi connectivity index (χ2v) is 4.34. The Morgan fingerprint density at radius 2 is 2.06 bits per heavy atom. The second kappa shape index (κ2) is 7.91. The van der Waals surface area contributed by atoms with E-state index in [1.165, 1.54) is 0 Å². The first-order valence-corrected chi connectivity index (χ1v) is 5.67. The Morgan fingerprint density at radius 1 is 1.44 bits per heavy atom. The van der Waals surface area contributed by atoms with Crippen LogP contribution < -0.4 is 11.1 Å². The lowest BCUT2D eigenvalue weighted by molar-refractivity contribution is -0.128. The molecule has 16 heavy (non-hydrogen) atoms. The average molecular weight is 226 g/mol. The first-order valence-electron chi connectivity index (χ1n) is 5.67. The van der Waals surface area contributed by atoms with Crippen molar-refractivity contribution >= 4 is 11.8 Å². The zero-order chi connectivity index (χ0) is 12.6. The number of hydrogen-bond acceptors (Lipinski definition) is 2. The van der Waals surface area contributed by atoms with Gasteiger partial charge >= 0.3 is 0 Å². The van der Waals surface area contributed by atoms with Gasteiger partial charge in [-0.05, 0) is 25.2 Å². The monoisotopic (exact) mass is 226 g/mol. The Morgan fingerprint density at radius 3 is 2.50 bits per heavy atom. The number of unbranched alkanes of at least 4 members (excludes halogenated alkanes) is 1. The van der Waals surface area contributed by atoms with Gasteiger partial charge in [-0.15, -0.1) is 6.58 Å². The van der Waals surface area contributed by atoms with E-state index in [1.807, 2.05) is 13.8 Å². The number of primary amides is 1. The molecule has 0 aliphatic carbocycles. The summed E-state index contributed by atoms with van der Waals surface area (Å²) >= 11 is 0. The van der Waals surface area contributed by atoms with Crippen LogP contribution in [0.1, 0.15) is 39.5 Å². The topological polar surface area (TPSA) is 72.2 Å². The molecular formula is C12H22N2O2. The minimum Gasteiger partial charge on any atom is -0.368 e. The first kappa shape index (κ1) is 14.7. The van der Waals surface area contributed by atoms with Gasteiger partial charge in [-0.3, -0.25) is 9.59 Å². The standard InChI is InChI=1S/C12H22N2O2/c1-4-5-6-7-10(12(13)16)14-11(15)8-9(2)3/h4,9-10H,1,5-8H2,2-3H3,(H2,13,16)(H,14,15)/t10-/m0/s1. The van der Waals surface area contributed by atoms with Crippen LogP contribution in [0.4, 0.5) is 0 Å². The lowest BCUT2D eigenvalue weighted by atomic mass is 10.1. The highest BCUT2D eigenvalue weighted by Crippen LogP contribution is 2.04. The minimum atomic E-state index is -0.550. The third kappa shape index (κ3) is 7.04. The summed E-state index contributed by atoms with van der Waals surface area (Å²) in [6.07, 6.45) is 4.41. The highest BCUT2D eigenvalue weighted by atomic mass is 16.2. The van der Waals surface area contributed by atoms with Crippen LogP contribution in [0, 0.1) is 5.92 Å². The van der Waals surface area contributed by atoms with E-state index in [9.17, 15) is 9.59 Å². The zero-order valence-corrected chi connectivity index (χ0v) is 10.2. The third-order valence-corrected chi connectivity index (χ3v) is 2.17. The van der Waals surface area contributed by atoms with Crippen molar-refractivity contribution in [3.05, 3.63) is 12.7 Å². The van der Waals surface area contributed by atoms with Gasteiger partial charge in [0.15, 0.2) is 0 Å². The van der Waals surface area contributed by atoms with Crippen LogP contribution in [0.15, 0.2) is 12.7 Å². The van der Waals surface area contributed by atoms with Crippen LogP contribution in [0.2, 0.25) is 0 Å². The fourth-order valence-corrected chi connectivity index (χ4v) is 1.38. The molecule has 0 spiro atoms. The molecule has 0 aliphatic rings. The van der Waals surface area contributed by atoms with Crippen molar-refractivity contribution in [1.29, 1.82) is 0 Å². The number of amides is 2. The molecule has 0 fully saturated rings. The van der Waals surface area contributed by atoms with Crippen molar-refractivity contribution in [2.24, 2.45) is 11.7 Å². The summed E-state index contributed by atoms with van der Waals surface area (Å²) in [6, 6.07) is -0.550. The Hall–Kier alpha value is -1.32. The molecule has 0 aromatic heterocycles. The van der Waals surface area contributed by atoms with Gasteiger partial charge in [-0.25, -0.2) is 0 Å². The highest BCUT2D eigenvalue weighted by molar-refractivity contribution is 5.86. The number of nitrogens with two attached hydrogens (primary N) is 1. The lowest BCUT2D eigenvalue weighted by Crippen LogP contribution is -2.44. The average Bonchev–Trinajstić information content (AvgIpc) is 2.15. The Labute approximate surface area is 97.3 Å². The molecule has 0 radical (unpaired) electrons. The first-order chi connectivity index (χ1) is 7.47. The maximum absolute atomic E-state index is 11.5. The highest BCUT2D eigenvalue weighted by Gasteiger charge is 2.17. The molecule has 0 bridgehead atoms.